The van der Waals surface area contributed by atoms with Crippen LogP contribution in [0.5, 0.6) is 0 Å². The first-order valence-electron chi connectivity index (χ1n) is 6.45. The number of nitrogens with zero attached hydrogens (tertiary/aromatic N) is 2. The van der Waals surface area contributed by atoms with Crippen molar-refractivity contribution in [3.8, 4) is 0 Å². The van der Waals surface area contributed by atoms with E-state index in [9.17, 15) is 19.3 Å². The summed E-state index contributed by atoms with van der Waals surface area (Å²) in [5.41, 5.74) is 4.97. The van der Waals surface area contributed by atoms with Crippen LogP contribution in [0.15, 0.2) is 18.2 Å². The number of carbonyl (C=O) groups excluding carboxylic acids is 1. The first-order valence-corrected chi connectivity index (χ1v) is 6.45. The highest BCUT2D eigenvalue weighted by Gasteiger charge is 2.27. The van der Waals surface area contributed by atoms with Gasteiger partial charge in [-0.05, 0) is 30.9 Å². The van der Waals surface area contributed by atoms with E-state index in [1.807, 2.05) is 0 Å². The van der Waals surface area contributed by atoms with Gasteiger partial charge in [0.05, 0.1) is 4.92 Å². The SMILES string of the molecule is NC(=O)CC1CCN(c2cccc(F)c2[N+](=O)[O-])CC1. The normalized spacial score (nSPS) is 16.1. The van der Waals surface area contributed by atoms with Crippen LogP contribution in [0, 0.1) is 21.8 Å². The molecule has 7 heteroatoms. The summed E-state index contributed by atoms with van der Waals surface area (Å²) in [6.07, 6.45) is 1.77. The van der Waals surface area contributed by atoms with Gasteiger partial charge in [-0.2, -0.15) is 4.39 Å². The third-order valence-corrected chi connectivity index (χ3v) is 3.59. The number of hydrogen-bond acceptors (Lipinski definition) is 4. The summed E-state index contributed by atoms with van der Waals surface area (Å²) in [4.78, 5) is 22.9. The van der Waals surface area contributed by atoms with Gasteiger partial charge in [-0.1, -0.05) is 6.07 Å². The standard InChI is InChI=1S/C13H16FN3O3/c14-10-2-1-3-11(13(10)17(19)20)16-6-4-9(5-7-16)8-12(15)18/h1-3,9H,4-8H2,(H2,15,18). The lowest BCUT2D eigenvalue weighted by molar-refractivity contribution is -0.386. The summed E-state index contributed by atoms with van der Waals surface area (Å²) in [5, 5.41) is 11.0. The van der Waals surface area contributed by atoms with Gasteiger partial charge in [0, 0.05) is 19.5 Å². The minimum Gasteiger partial charge on any atom is -0.370 e. The van der Waals surface area contributed by atoms with Crippen molar-refractivity contribution in [1.29, 1.82) is 0 Å². The molecule has 0 aromatic heterocycles. The first kappa shape index (κ1) is 14.2. The van der Waals surface area contributed by atoms with E-state index in [0.717, 1.165) is 18.9 Å². The lowest BCUT2D eigenvalue weighted by atomic mass is 9.93. The molecule has 20 heavy (non-hydrogen) atoms. The quantitative estimate of drug-likeness (QED) is 0.673. The smallest absolute Gasteiger partial charge is 0.327 e. The number of primary amides is 1. The Balaban J connectivity index is 2.13. The van der Waals surface area contributed by atoms with E-state index in [0.29, 0.717) is 25.2 Å². The van der Waals surface area contributed by atoms with Crippen LogP contribution in [0.2, 0.25) is 0 Å². The number of hydrogen-bond donors (Lipinski definition) is 1. The Hall–Kier alpha value is -2.18. The van der Waals surface area contributed by atoms with Gasteiger partial charge in [-0.3, -0.25) is 14.9 Å². The lowest BCUT2D eigenvalue weighted by Gasteiger charge is -2.32. The van der Waals surface area contributed by atoms with Crippen molar-refractivity contribution in [2.75, 3.05) is 18.0 Å². The van der Waals surface area contributed by atoms with E-state index in [2.05, 4.69) is 0 Å². The zero-order valence-electron chi connectivity index (χ0n) is 10.9. The van der Waals surface area contributed by atoms with Crippen LogP contribution in [-0.4, -0.2) is 23.9 Å². The summed E-state index contributed by atoms with van der Waals surface area (Å²) in [5.74, 6) is -0.955. The highest BCUT2D eigenvalue weighted by atomic mass is 19.1. The summed E-state index contributed by atoms with van der Waals surface area (Å²) >= 11 is 0. The van der Waals surface area contributed by atoms with E-state index in [4.69, 9.17) is 5.73 Å². The molecule has 1 fully saturated rings. The molecule has 2 rings (SSSR count). The van der Waals surface area contributed by atoms with Crippen LogP contribution in [0.4, 0.5) is 15.8 Å². The van der Waals surface area contributed by atoms with Crippen molar-refractivity contribution in [3.63, 3.8) is 0 Å². The average Bonchev–Trinajstić information content (AvgIpc) is 2.38. The van der Waals surface area contributed by atoms with Crippen molar-refractivity contribution in [2.24, 2.45) is 11.7 Å². The fourth-order valence-electron chi connectivity index (χ4n) is 2.60. The number of amides is 1. The number of nitrogens with two attached hydrogens (primary N) is 1. The number of carbonyl (C=O) groups is 1. The zero-order chi connectivity index (χ0) is 14.7. The molecule has 1 amide bonds. The Morgan fingerprint density at radius 2 is 2.10 bits per heavy atom. The lowest BCUT2D eigenvalue weighted by Crippen LogP contribution is -2.35. The third kappa shape index (κ3) is 3.04. The predicted octanol–water partition coefficient (Wildman–Crippen LogP) is 1.83. The number of benzene rings is 1. The third-order valence-electron chi connectivity index (χ3n) is 3.59. The Labute approximate surface area is 115 Å². The second-order valence-electron chi connectivity index (χ2n) is 4.97. The Kier molecular flexibility index (Phi) is 4.16. The van der Waals surface area contributed by atoms with Gasteiger partial charge in [0.1, 0.15) is 5.69 Å². The Morgan fingerprint density at radius 1 is 1.45 bits per heavy atom. The minimum atomic E-state index is -0.827. The minimum absolute atomic E-state index is 0.205. The molecule has 1 aromatic carbocycles. The molecule has 1 saturated heterocycles. The van der Waals surface area contributed by atoms with Crippen molar-refractivity contribution in [1.82, 2.24) is 0 Å². The maximum atomic E-state index is 13.6. The second-order valence-corrected chi connectivity index (χ2v) is 4.97. The molecular weight excluding hydrogens is 265 g/mol. The number of nitro benzene ring substituents is 1. The van der Waals surface area contributed by atoms with Gasteiger partial charge >= 0.3 is 5.69 Å². The molecule has 0 bridgehead atoms. The molecule has 1 heterocycles. The van der Waals surface area contributed by atoms with Crippen LogP contribution >= 0.6 is 0 Å². The molecule has 1 aromatic rings. The molecule has 0 aliphatic carbocycles. The number of piperidine rings is 1. The summed E-state index contributed by atoms with van der Waals surface area (Å²) in [6.45, 7) is 1.12. The van der Waals surface area contributed by atoms with Gasteiger partial charge in [-0.25, -0.2) is 0 Å². The monoisotopic (exact) mass is 281 g/mol. The zero-order valence-corrected chi connectivity index (χ0v) is 10.9. The van der Waals surface area contributed by atoms with Crippen molar-refractivity contribution < 1.29 is 14.1 Å². The van der Waals surface area contributed by atoms with Gasteiger partial charge in [0.2, 0.25) is 11.7 Å². The van der Waals surface area contributed by atoms with Gasteiger partial charge < -0.3 is 10.6 Å². The summed E-state index contributed by atoms with van der Waals surface area (Å²) < 4.78 is 13.6. The van der Waals surface area contributed by atoms with Gasteiger partial charge in [-0.15, -0.1) is 0 Å². The topological polar surface area (TPSA) is 89.5 Å². The van der Waals surface area contributed by atoms with Crippen LogP contribution in [0.3, 0.4) is 0 Å². The Bertz CT molecular complexity index is 528. The van der Waals surface area contributed by atoms with E-state index >= 15 is 0 Å². The van der Waals surface area contributed by atoms with Gasteiger partial charge in [0.25, 0.3) is 0 Å². The van der Waals surface area contributed by atoms with Crippen molar-refractivity contribution in [3.05, 3.63) is 34.1 Å². The largest absolute Gasteiger partial charge is 0.370 e. The Morgan fingerprint density at radius 3 is 2.65 bits per heavy atom. The number of halogens is 1. The number of nitro groups is 1. The van der Waals surface area contributed by atoms with E-state index < -0.39 is 16.4 Å². The molecule has 0 spiro atoms. The molecule has 6 nitrogen and oxygen atoms in total. The molecule has 1 aliphatic heterocycles. The molecule has 1 aliphatic rings. The fourth-order valence-corrected chi connectivity index (χ4v) is 2.60. The molecule has 0 saturated carbocycles. The van der Waals surface area contributed by atoms with E-state index in [1.165, 1.54) is 6.07 Å². The highest BCUT2D eigenvalue weighted by molar-refractivity contribution is 5.74. The number of anilines is 1. The van der Waals surface area contributed by atoms with Crippen LogP contribution in [-0.2, 0) is 4.79 Å². The van der Waals surface area contributed by atoms with Gasteiger partial charge in [0.15, 0.2) is 0 Å². The number of para-hydroxylation sites is 1. The molecule has 108 valence electrons. The molecule has 0 unspecified atom stereocenters. The predicted molar refractivity (Wildman–Crippen MR) is 71.8 cm³/mol. The van der Waals surface area contributed by atoms with Crippen LogP contribution in [0.1, 0.15) is 19.3 Å². The maximum absolute atomic E-state index is 13.6. The summed E-state index contributed by atoms with van der Waals surface area (Å²) in [6, 6.07) is 4.10. The van der Waals surface area contributed by atoms with Crippen LogP contribution in [0.25, 0.3) is 0 Å². The first-order chi connectivity index (χ1) is 9.49. The molecule has 0 atom stereocenters. The van der Waals surface area contributed by atoms with Crippen molar-refractivity contribution >= 4 is 17.3 Å². The fraction of sp³-hybridized carbons (Fsp3) is 0.462. The molecule has 2 N–H and O–H groups in total. The van der Waals surface area contributed by atoms with E-state index in [1.54, 1.807) is 11.0 Å². The van der Waals surface area contributed by atoms with Crippen LogP contribution < -0.4 is 10.6 Å². The molecule has 0 radical (unpaired) electrons. The average molecular weight is 281 g/mol. The number of rotatable bonds is 4. The highest BCUT2D eigenvalue weighted by Crippen LogP contribution is 2.33. The summed E-state index contributed by atoms with van der Waals surface area (Å²) in [7, 11) is 0. The second kappa shape index (κ2) is 5.85. The van der Waals surface area contributed by atoms with Crippen molar-refractivity contribution in [2.45, 2.75) is 19.3 Å². The maximum Gasteiger partial charge on any atom is 0.327 e. The van der Waals surface area contributed by atoms with E-state index in [-0.39, 0.29) is 11.8 Å². The molecular formula is C13H16FN3O3.